The first-order chi connectivity index (χ1) is 8.07. The molecule has 0 N–H and O–H groups in total. The zero-order valence-electron chi connectivity index (χ0n) is 9.87. The summed E-state index contributed by atoms with van der Waals surface area (Å²) in [5, 5.41) is 0. The molecule has 1 atom stereocenters. The van der Waals surface area contributed by atoms with Gasteiger partial charge in [-0.1, -0.05) is 30.3 Å². The highest BCUT2D eigenvalue weighted by Crippen LogP contribution is 2.15. The molecule has 1 unspecified atom stereocenters. The van der Waals surface area contributed by atoms with Crippen LogP contribution in [0, 0.1) is 0 Å². The van der Waals surface area contributed by atoms with Gasteiger partial charge in [0.25, 0.3) is 0 Å². The van der Waals surface area contributed by atoms with E-state index >= 15 is 0 Å². The second-order valence-electron chi connectivity index (χ2n) is 4.29. The average molecular weight is 255 g/mol. The molecule has 1 aliphatic rings. The van der Waals surface area contributed by atoms with E-state index in [0.29, 0.717) is 26.2 Å². The normalized spacial score (nSPS) is 22.5. The van der Waals surface area contributed by atoms with Gasteiger partial charge in [0.05, 0.1) is 25.5 Å². The van der Waals surface area contributed by atoms with E-state index in [4.69, 9.17) is 4.74 Å². The van der Waals surface area contributed by atoms with Crippen LogP contribution in [0.3, 0.4) is 0 Å². The van der Waals surface area contributed by atoms with Crippen LogP contribution in [-0.4, -0.2) is 44.8 Å². The monoisotopic (exact) mass is 255 g/mol. The van der Waals surface area contributed by atoms with Crippen molar-refractivity contribution in [2.75, 3.05) is 26.0 Å². The van der Waals surface area contributed by atoms with Gasteiger partial charge in [0.15, 0.2) is 0 Å². The van der Waals surface area contributed by atoms with Crippen molar-refractivity contribution >= 4 is 10.0 Å². The number of hydrogen-bond donors (Lipinski definition) is 0. The summed E-state index contributed by atoms with van der Waals surface area (Å²) in [6.07, 6.45) is 1.96. The van der Waals surface area contributed by atoms with Crippen molar-refractivity contribution < 1.29 is 13.2 Å². The zero-order chi connectivity index (χ0) is 12.3. The van der Waals surface area contributed by atoms with Crippen LogP contribution in [-0.2, 0) is 21.2 Å². The van der Waals surface area contributed by atoms with Crippen LogP contribution in [0.2, 0.25) is 0 Å². The molecule has 1 heterocycles. The predicted molar refractivity (Wildman–Crippen MR) is 66.3 cm³/mol. The lowest BCUT2D eigenvalue weighted by atomic mass is 10.1. The quantitative estimate of drug-likeness (QED) is 0.806. The first-order valence-electron chi connectivity index (χ1n) is 5.66. The number of rotatable bonds is 3. The minimum absolute atomic E-state index is 0.0823. The summed E-state index contributed by atoms with van der Waals surface area (Å²) in [5.41, 5.74) is 1.14. The molecular weight excluding hydrogens is 238 g/mol. The third kappa shape index (κ3) is 3.28. The van der Waals surface area contributed by atoms with E-state index in [9.17, 15) is 8.42 Å². The molecule has 5 heteroatoms. The van der Waals surface area contributed by atoms with Gasteiger partial charge in [0.2, 0.25) is 10.0 Å². The number of ether oxygens (including phenoxy) is 1. The Morgan fingerprint density at radius 2 is 2.06 bits per heavy atom. The SMILES string of the molecule is CS(=O)(=O)N1CCOCC1Cc1ccccc1. The van der Waals surface area contributed by atoms with E-state index in [0.717, 1.165) is 5.56 Å². The lowest BCUT2D eigenvalue weighted by Crippen LogP contribution is -2.49. The van der Waals surface area contributed by atoms with Gasteiger partial charge in [0, 0.05) is 6.54 Å². The Balaban J connectivity index is 2.13. The van der Waals surface area contributed by atoms with Gasteiger partial charge < -0.3 is 4.74 Å². The second kappa shape index (κ2) is 5.16. The summed E-state index contributed by atoms with van der Waals surface area (Å²) in [5.74, 6) is 0. The van der Waals surface area contributed by atoms with Gasteiger partial charge in [-0.3, -0.25) is 0 Å². The Hall–Kier alpha value is -0.910. The maximum atomic E-state index is 11.7. The maximum absolute atomic E-state index is 11.7. The Bertz CT molecular complexity index is 458. The topological polar surface area (TPSA) is 46.6 Å². The fraction of sp³-hybridized carbons (Fsp3) is 0.500. The van der Waals surface area contributed by atoms with Crippen LogP contribution in [0.25, 0.3) is 0 Å². The number of sulfonamides is 1. The molecule has 0 aromatic heterocycles. The van der Waals surface area contributed by atoms with E-state index in [2.05, 4.69) is 0 Å². The average Bonchev–Trinajstić information content (AvgIpc) is 2.30. The van der Waals surface area contributed by atoms with Crippen molar-refractivity contribution in [3.63, 3.8) is 0 Å². The molecule has 4 nitrogen and oxygen atoms in total. The van der Waals surface area contributed by atoms with Gasteiger partial charge in [-0.25, -0.2) is 8.42 Å². The Morgan fingerprint density at radius 1 is 1.35 bits per heavy atom. The van der Waals surface area contributed by atoms with Crippen molar-refractivity contribution in [3.8, 4) is 0 Å². The molecule has 2 rings (SSSR count). The van der Waals surface area contributed by atoms with E-state index in [1.807, 2.05) is 30.3 Å². The minimum atomic E-state index is -3.14. The van der Waals surface area contributed by atoms with Gasteiger partial charge in [0.1, 0.15) is 0 Å². The standard InChI is InChI=1S/C12H17NO3S/c1-17(14,15)13-7-8-16-10-12(13)9-11-5-3-2-4-6-11/h2-6,12H,7-10H2,1H3. The van der Waals surface area contributed by atoms with Gasteiger partial charge in [-0.05, 0) is 12.0 Å². The molecule has 0 radical (unpaired) electrons. The van der Waals surface area contributed by atoms with Crippen LogP contribution in [0.15, 0.2) is 30.3 Å². The van der Waals surface area contributed by atoms with Gasteiger partial charge in [-0.2, -0.15) is 4.31 Å². The summed E-state index contributed by atoms with van der Waals surface area (Å²) >= 11 is 0. The van der Waals surface area contributed by atoms with Crippen molar-refractivity contribution in [1.82, 2.24) is 4.31 Å². The lowest BCUT2D eigenvalue weighted by molar-refractivity contribution is 0.0332. The molecule has 1 aromatic carbocycles. The van der Waals surface area contributed by atoms with Crippen molar-refractivity contribution in [2.45, 2.75) is 12.5 Å². The number of nitrogens with zero attached hydrogens (tertiary/aromatic N) is 1. The van der Waals surface area contributed by atoms with Crippen molar-refractivity contribution in [1.29, 1.82) is 0 Å². The third-order valence-corrected chi connectivity index (χ3v) is 4.25. The molecule has 0 amide bonds. The third-order valence-electron chi connectivity index (χ3n) is 2.91. The van der Waals surface area contributed by atoms with Crippen LogP contribution >= 0.6 is 0 Å². The van der Waals surface area contributed by atoms with Gasteiger partial charge in [-0.15, -0.1) is 0 Å². The second-order valence-corrected chi connectivity index (χ2v) is 6.23. The molecule has 0 aliphatic carbocycles. The van der Waals surface area contributed by atoms with Crippen molar-refractivity contribution in [3.05, 3.63) is 35.9 Å². The summed E-state index contributed by atoms with van der Waals surface area (Å²) in [6.45, 7) is 1.41. The highest BCUT2D eigenvalue weighted by molar-refractivity contribution is 7.88. The van der Waals surface area contributed by atoms with E-state index in [1.165, 1.54) is 6.26 Å². The predicted octanol–water partition coefficient (Wildman–Crippen LogP) is 0.889. The maximum Gasteiger partial charge on any atom is 0.211 e. The molecular formula is C12H17NO3S. The molecule has 0 saturated carbocycles. The smallest absolute Gasteiger partial charge is 0.211 e. The molecule has 1 saturated heterocycles. The molecule has 17 heavy (non-hydrogen) atoms. The summed E-state index contributed by atoms with van der Waals surface area (Å²) in [7, 11) is -3.14. The fourth-order valence-corrected chi connectivity index (χ4v) is 3.21. The summed E-state index contributed by atoms with van der Waals surface area (Å²) < 4.78 is 30.2. The minimum Gasteiger partial charge on any atom is -0.378 e. The highest BCUT2D eigenvalue weighted by atomic mass is 32.2. The largest absolute Gasteiger partial charge is 0.378 e. The highest BCUT2D eigenvalue weighted by Gasteiger charge is 2.29. The molecule has 1 aromatic rings. The number of morpholine rings is 1. The Labute approximate surface area is 102 Å². The van der Waals surface area contributed by atoms with E-state index in [-0.39, 0.29) is 6.04 Å². The number of benzene rings is 1. The Kier molecular flexibility index (Phi) is 3.81. The molecule has 1 fully saturated rings. The molecule has 1 aliphatic heterocycles. The number of hydrogen-bond acceptors (Lipinski definition) is 3. The van der Waals surface area contributed by atoms with Crippen LogP contribution in [0.1, 0.15) is 5.56 Å². The lowest BCUT2D eigenvalue weighted by Gasteiger charge is -2.33. The van der Waals surface area contributed by atoms with Gasteiger partial charge >= 0.3 is 0 Å². The first kappa shape index (κ1) is 12.5. The fourth-order valence-electron chi connectivity index (χ4n) is 2.12. The van der Waals surface area contributed by atoms with Crippen molar-refractivity contribution in [2.24, 2.45) is 0 Å². The Morgan fingerprint density at radius 3 is 2.71 bits per heavy atom. The van der Waals surface area contributed by atoms with E-state index < -0.39 is 10.0 Å². The van der Waals surface area contributed by atoms with E-state index in [1.54, 1.807) is 4.31 Å². The zero-order valence-corrected chi connectivity index (χ0v) is 10.7. The summed E-state index contributed by atoms with van der Waals surface area (Å²) in [4.78, 5) is 0. The van der Waals surface area contributed by atoms with Crippen LogP contribution in [0.5, 0.6) is 0 Å². The van der Waals surface area contributed by atoms with Crippen LogP contribution < -0.4 is 0 Å². The molecule has 0 bridgehead atoms. The molecule has 94 valence electrons. The van der Waals surface area contributed by atoms with Crippen LogP contribution in [0.4, 0.5) is 0 Å². The first-order valence-corrected chi connectivity index (χ1v) is 7.50. The molecule has 0 spiro atoms. The summed E-state index contributed by atoms with van der Waals surface area (Å²) in [6, 6.07) is 9.81.